The summed E-state index contributed by atoms with van der Waals surface area (Å²) in [4.78, 5) is 23.4. The van der Waals surface area contributed by atoms with Gasteiger partial charge >= 0.3 is 0 Å². The molecule has 0 saturated carbocycles. The van der Waals surface area contributed by atoms with Crippen molar-refractivity contribution in [2.75, 3.05) is 12.4 Å². The molecule has 0 radical (unpaired) electrons. The molecule has 0 spiro atoms. The fourth-order valence-electron chi connectivity index (χ4n) is 2.93. The van der Waals surface area contributed by atoms with Crippen LogP contribution in [-0.2, 0) is 4.79 Å². The first-order valence-corrected chi connectivity index (χ1v) is 8.78. The number of methoxy groups -OCH3 is 1. The van der Waals surface area contributed by atoms with Gasteiger partial charge in [0, 0.05) is 29.6 Å². The number of nitrogens with one attached hydrogen (secondary N) is 3. The molecule has 1 amide bonds. The fraction of sp³-hybridized carbons (Fsp3) is 0.158. The fourth-order valence-corrected chi connectivity index (χ4v) is 3.20. The predicted molar refractivity (Wildman–Crippen MR) is 109 cm³/mol. The number of carbonyl (C=O) groups excluding carboxylic acids is 1. The Morgan fingerprint density at radius 1 is 1.25 bits per heavy atom. The molecule has 3 rings (SSSR count). The van der Waals surface area contributed by atoms with E-state index in [2.05, 4.69) is 16.0 Å². The van der Waals surface area contributed by atoms with E-state index in [4.69, 9.17) is 17.0 Å². The van der Waals surface area contributed by atoms with Crippen LogP contribution in [-0.4, -0.2) is 23.1 Å². The quantitative estimate of drug-likeness (QED) is 0.404. The largest absolute Gasteiger partial charge is 0.497 e. The number of anilines is 1. The van der Waals surface area contributed by atoms with Gasteiger partial charge in [0.15, 0.2) is 5.11 Å². The van der Waals surface area contributed by atoms with Crippen LogP contribution in [0.25, 0.3) is 0 Å². The van der Waals surface area contributed by atoms with Gasteiger partial charge in [-0.3, -0.25) is 14.9 Å². The second-order valence-electron chi connectivity index (χ2n) is 6.10. The van der Waals surface area contributed by atoms with Crippen LogP contribution >= 0.6 is 12.2 Å². The third-order valence-electron chi connectivity index (χ3n) is 4.28. The van der Waals surface area contributed by atoms with Crippen molar-refractivity contribution in [3.63, 3.8) is 0 Å². The smallest absolute Gasteiger partial charge is 0.269 e. The summed E-state index contributed by atoms with van der Waals surface area (Å²) in [7, 11) is 1.55. The average molecular weight is 398 g/mol. The van der Waals surface area contributed by atoms with Crippen LogP contribution in [0, 0.1) is 10.1 Å². The molecule has 28 heavy (non-hydrogen) atoms. The summed E-state index contributed by atoms with van der Waals surface area (Å²) < 4.78 is 5.18. The minimum Gasteiger partial charge on any atom is -0.497 e. The maximum atomic E-state index is 13.0. The molecule has 1 aliphatic heterocycles. The Labute approximate surface area is 166 Å². The lowest BCUT2D eigenvalue weighted by atomic mass is 9.94. The van der Waals surface area contributed by atoms with E-state index in [0.29, 0.717) is 33.4 Å². The van der Waals surface area contributed by atoms with Crippen molar-refractivity contribution in [2.45, 2.75) is 13.0 Å². The number of nitro groups is 1. The third kappa shape index (κ3) is 4.09. The van der Waals surface area contributed by atoms with Crippen molar-refractivity contribution >= 4 is 34.6 Å². The average Bonchev–Trinajstić information content (AvgIpc) is 2.67. The number of benzene rings is 2. The van der Waals surface area contributed by atoms with Crippen LogP contribution < -0.4 is 20.7 Å². The highest BCUT2D eigenvalue weighted by atomic mass is 32.1. The lowest BCUT2D eigenvalue weighted by Gasteiger charge is -2.30. The van der Waals surface area contributed by atoms with Gasteiger partial charge in [0.2, 0.25) is 0 Å². The summed E-state index contributed by atoms with van der Waals surface area (Å²) in [5, 5.41) is 20.1. The topological polar surface area (TPSA) is 106 Å². The number of allylic oxidation sites excluding steroid dienone is 1. The number of non-ortho nitro benzene ring substituents is 1. The van der Waals surface area contributed by atoms with Gasteiger partial charge in [-0.2, -0.15) is 0 Å². The monoisotopic (exact) mass is 398 g/mol. The number of amides is 1. The molecule has 0 unspecified atom stereocenters. The second-order valence-corrected chi connectivity index (χ2v) is 6.51. The molecule has 2 aromatic rings. The Bertz CT molecular complexity index is 972. The number of nitro benzene ring substituents is 1. The molecule has 0 fully saturated rings. The predicted octanol–water partition coefficient (Wildman–Crippen LogP) is 3.03. The lowest BCUT2D eigenvalue weighted by Crippen LogP contribution is -2.45. The molecule has 0 bridgehead atoms. The highest BCUT2D eigenvalue weighted by molar-refractivity contribution is 7.80. The number of hydrogen-bond acceptors (Lipinski definition) is 5. The van der Waals surface area contributed by atoms with E-state index in [1.54, 1.807) is 50.4 Å². The number of thiocarbonyl (C=S) groups is 1. The SMILES string of the molecule is COc1cccc(NC(=O)C2=C(C)NC(=S)N[C@H]2c2ccc([N+](=O)[O-])cc2)c1. The van der Waals surface area contributed by atoms with Crippen molar-refractivity contribution in [2.24, 2.45) is 0 Å². The van der Waals surface area contributed by atoms with E-state index in [-0.39, 0.29) is 11.6 Å². The Hall–Kier alpha value is -3.46. The molecular weight excluding hydrogens is 380 g/mol. The molecule has 0 aliphatic carbocycles. The molecule has 9 heteroatoms. The van der Waals surface area contributed by atoms with E-state index in [1.165, 1.54) is 12.1 Å². The normalized spacial score (nSPS) is 16.1. The minimum atomic E-state index is -0.542. The zero-order valence-electron chi connectivity index (χ0n) is 15.2. The second kappa shape index (κ2) is 8.05. The first kappa shape index (κ1) is 19.3. The maximum absolute atomic E-state index is 13.0. The molecule has 2 aromatic carbocycles. The summed E-state index contributed by atoms with van der Waals surface area (Å²) in [6.45, 7) is 1.76. The maximum Gasteiger partial charge on any atom is 0.269 e. The van der Waals surface area contributed by atoms with Gasteiger partial charge in [-0.05, 0) is 49.0 Å². The standard InChI is InChI=1S/C19H18N4O4S/c1-11-16(18(24)21-13-4-3-5-15(10-13)27-2)17(22-19(28)20-11)12-6-8-14(9-7-12)23(25)26/h3-10,17H,1-2H3,(H,21,24)(H2,20,22,28)/t17-/m0/s1. The molecule has 144 valence electrons. The van der Waals surface area contributed by atoms with Gasteiger partial charge in [0.25, 0.3) is 11.6 Å². The molecule has 1 aliphatic rings. The summed E-state index contributed by atoms with van der Waals surface area (Å²) >= 11 is 5.22. The zero-order chi connectivity index (χ0) is 20.3. The van der Waals surface area contributed by atoms with E-state index in [1.807, 2.05) is 0 Å². The minimum absolute atomic E-state index is 0.0247. The lowest BCUT2D eigenvalue weighted by molar-refractivity contribution is -0.384. The highest BCUT2D eigenvalue weighted by Gasteiger charge is 2.30. The summed E-state index contributed by atoms with van der Waals surface area (Å²) in [6, 6.07) is 12.5. The first-order valence-electron chi connectivity index (χ1n) is 8.37. The van der Waals surface area contributed by atoms with Gasteiger partial charge in [0.05, 0.1) is 23.6 Å². The first-order chi connectivity index (χ1) is 13.4. The molecular formula is C19H18N4O4S. The van der Waals surface area contributed by atoms with Crippen molar-refractivity contribution in [3.05, 3.63) is 75.5 Å². The van der Waals surface area contributed by atoms with Gasteiger partial charge in [-0.15, -0.1) is 0 Å². The van der Waals surface area contributed by atoms with Crippen LogP contribution in [0.4, 0.5) is 11.4 Å². The third-order valence-corrected chi connectivity index (χ3v) is 4.50. The van der Waals surface area contributed by atoms with Crippen molar-refractivity contribution in [1.29, 1.82) is 0 Å². The van der Waals surface area contributed by atoms with E-state index in [9.17, 15) is 14.9 Å². The summed E-state index contributed by atoms with van der Waals surface area (Å²) in [5.41, 5.74) is 2.28. The Morgan fingerprint density at radius 2 is 1.96 bits per heavy atom. The van der Waals surface area contributed by atoms with Crippen LogP contribution in [0.3, 0.4) is 0 Å². The number of ether oxygens (including phenoxy) is 1. The van der Waals surface area contributed by atoms with Gasteiger partial charge < -0.3 is 20.7 Å². The molecule has 0 aromatic heterocycles. The van der Waals surface area contributed by atoms with Gasteiger partial charge in [-0.1, -0.05) is 6.07 Å². The zero-order valence-corrected chi connectivity index (χ0v) is 16.0. The van der Waals surface area contributed by atoms with Crippen LogP contribution in [0.2, 0.25) is 0 Å². The molecule has 0 saturated heterocycles. The van der Waals surface area contributed by atoms with Crippen LogP contribution in [0.1, 0.15) is 18.5 Å². The number of hydrogen-bond donors (Lipinski definition) is 3. The van der Waals surface area contributed by atoms with E-state index < -0.39 is 11.0 Å². The molecule has 1 atom stereocenters. The highest BCUT2D eigenvalue weighted by Crippen LogP contribution is 2.29. The molecule has 3 N–H and O–H groups in total. The number of nitrogens with zero attached hydrogens (tertiary/aromatic N) is 1. The Balaban J connectivity index is 1.92. The van der Waals surface area contributed by atoms with Crippen molar-refractivity contribution in [3.8, 4) is 5.75 Å². The Morgan fingerprint density at radius 3 is 2.61 bits per heavy atom. The van der Waals surface area contributed by atoms with E-state index >= 15 is 0 Å². The van der Waals surface area contributed by atoms with E-state index in [0.717, 1.165) is 0 Å². The summed E-state index contributed by atoms with van der Waals surface area (Å²) in [5.74, 6) is 0.299. The van der Waals surface area contributed by atoms with Crippen molar-refractivity contribution < 1.29 is 14.5 Å². The van der Waals surface area contributed by atoms with Gasteiger partial charge in [0.1, 0.15) is 5.75 Å². The van der Waals surface area contributed by atoms with Gasteiger partial charge in [-0.25, -0.2) is 0 Å². The van der Waals surface area contributed by atoms with Crippen molar-refractivity contribution in [1.82, 2.24) is 10.6 Å². The van der Waals surface area contributed by atoms with Crippen LogP contribution in [0.15, 0.2) is 59.8 Å². The molecule has 1 heterocycles. The number of carbonyl (C=O) groups is 1. The number of rotatable bonds is 5. The van der Waals surface area contributed by atoms with Crippen LogP contribution in [0.5, 0.6) is 5.75 Å². The molecule has 8 nitrogen and oxygen atoms in total. The summed E-state index contributed by atoms with van der Waals surface area (Å²) in [6.07, 6.45) is 0. The Kier molecular flexibility index (Phi) is 5.55.